The molecule has 0 bridgehead atoms. The molecular weight excluding hydrogens is 332 g/mol. The molecule has 0 fully saturated rings. The van der Waals surface area contributed by atoms with Crippen LogP contribution in [0, 0.1) is 6.92 Å². The molecule has 3 aromatic rings. The Hall–Kier alpha value is -1.26. The van der Waals surface area contributed by atoms with E-state index in [9.17, 15) is 0 Å². The van der Waals surface area contributed by atoms with E-state index in [0.717, 1.165) is 15.8 Å². The number of aryl methyl sites for hydroxylation is 1. The summed E-state index contributed by atoms with van der Waals surface area (Å²) in [6, 6.07) is 14.6. The summed E-state index contributed by atoms with van der Waals surface area (Å²) in [5, 5.41) is 0.355. The lowest BCUT2D eigenvalue weighted by molar-refractivity contribution is 0.955. The van der Waals surface area contributed by atoms with E-state index in [4.69, 9.17) is 0 Å². The molecule has 0 aliphatic heterocycles. The Balaban J connectivity index is 1.94. The fraction of sp³-hybridized carbons (Fsp3) is 0.188. The molecular formula is C16H15BrN2S. The smallest absolute Gasteiger partial charge is 0.137 e. The Morgan fingerprint density at radius 3 is 2.65 bits per heavy atom. The van der Waals surface area contributed by atoms with Crippen molar-refractivity contribution >= 4 is 33.3 Å². The molecule has 1 atom stereocenters. The van der Waals surface area contributed by atoms with E-state index >= 15 is 0 Å². The number of thioether (sulfide) groups is 1. The number of nitrogens with zero attached hydrogens (tertiary/aromatic N) is 2. The van der Waals surface area contributed by atoms with E-state index in [1.54, 1.807) is 0 Å². The summed E-state index contributed by atoms with van der Waals surface area (Å²) >= 11 is 5.33. The summed E-state index contributed by atoms with van der Waals surface area (Å²) in [6.45, 7) is 4.32. The van der Waals surface area contributed by atoms with Gasteiger partial charge in [0.25, 0.3) is 0 Å². The maximum Gasteiger partial charge on any atom is 0.137 e. The first kappa shape index (κ1) is 13.7. The van der Waals surface area contributed by atoms with E-state index in [0.29, 0.717) is 5.25 Å². The predicted octanol–water partition coefficient (Wildman–Crippen LogP) is 5.26. The van der Waals surface area contributed by atoms with Crippen molar-refractivity contribution in [3.8, 4) is 0 Å². The first-order valence-electron chi connectivity index (χ1n) is 6.51. The lowest BCUT2D eigenvalue weighted by Crippen LogP contribution is -1.97. The van der Waals surface area contributed by atoms with E-state index < -0.39 is 0 Å². The third-order valence-electron chi connectivity index (χ3n) is 3.26. The Morgan fingerprint density at radius 2 is 1.90 bits per heavy atom. The summed E-state index contributed by atoms with van der Waals surface area (Å²) in [5.41, 5.74) is 3.39. The summed E-state index contributed by atoms with van der Waals surface area (Å²) in [4.78, 5) is 5.90. The fourth-order valence-electron chi connectivity index (χ4n) is 2.40. The monoisotopic (exact) mass is 346 g/mol. The molecule has 4 heteroatoms. The predicted molar refractivity (Wildman–Crippen MR) is 88.3 cm³/mol. The number of pyridine rings is 1. The van der Waals surface area contributed by atoms with Gasteiger partial charge >= 0.3 is 0 Å². The minimum Gasteiger partial charge on any atom is -0.303 e. The van der Waals surface area contributed by atoms with Crippen LogP contribution in [0.5, 0.6) is 0 Å². The van der Waals surface area contributed by atoms with E-state index in [-0.39, 0.29) is 0 Å². The number of hydrogen-bond donors (Lipinski definition) is 0. The molecule has 0 radical (unpaired) electrons. The number of rotatable bonds is 3. The van der Waals surface area contributed by atoms with Crippen LogP contribution in [0.4, 0.5) is 0 Å². The zero-order chi connectivity index (χ0) is 14.1. The Morgan fingerprint density at radius 1 is 1.15 bits per heavy atom. The van der Waals surface area contributed by atoms with Gasteiger partial charge in [-0.2, -0.15) is 0 Å². The third kappa shape index (κ3) is 2.63. The van der Waals surface area contributed by atoms with Gasteiger partial charge in [0, 0.05) is 20.8 Å². The van der Waals surface area contributed by atoms with Crippen LogP contribution in [0.3, 0.4) is 0 Å². The van der Waals surface area contributed by atoms with Crippen molar-refractivity contribution in [2.45, 2.75) is 24.0 Å². The molecule has 2 nitrogen and oxygen atoms in total. The van der Waals surface area contributed by atoms with Gasteiger partial charge in [0.2, 0.25) is 0 Å². The normalized spacial score (nSPS) is 12.8. The largest absolute Gasteiger partial charge is 0.303 e. The van der Waals surface area contributed by atoms with Crippen molar-refractivity contribution in [2.75, 3.05) is 0 Å². The molecule has 1 unspecified atom stereocenters. The molecule has 2 aromatic heterocycles. The molecule has 20 heavy (non-hydrogen) atoms. The van der Waals surface area contributed by atoms with Crippen LogP contribution in [0.25, 0.3) is 5.65 Å². The minimum atomic E-state index is 0.355. The van der Waals surface area contributed by atoms with Crippen LogP contribution in [0.1, 0.15) is 23.6 Å². The summed E-state index contributed by atoms with van der Waals surface area (Å²) in [5.74, 6) is 0. The van der Waals surface area contributed by atoms with Gasteiger partial charge in [-0.25, -0.2) is 4.98 Å². The minimum absolute atomic E-state index is 0.355. The van der Waals surface area contributed by atoms with Crippen molar-refractivity contribution in [3.63, 3.8) is 0 Å². The zero-order valence-corrected chi connectivity index (χ0v) is 13.8. The third-order valence-corrected chi connectivity index (χ3v) is 4.91. The molecule has 0 spiro atoms. The Bertz CT molecular complexity index is 734. The zero-order valence-electron chi connectivity index (χ0n) is 11.4. The standard InChI is InChI=1S/C16H15BrN2S/c1-11-16(19-10-4-3-5-15(19)18-11)12(2)20-14-8-6-13(17)7-9-14/h3-10,12H,1-2H3. The molecule has 0 saturated carbocycles. The van der Waals surface area contributed by atoms with Gasteiger partial charge in [0.15, 0.2) is 0 Å². The topological polar surface area (TPSA) is 17.3 Å². The maximum absolute atomic E-state index is 4.63. The SMILES string of the molecule is Cc1nc2ccccn2c1C(C)Sc1ccc(Br)cc1. The number of aromatic nitrogens is 2. The van der Waals surface area contributed by atoms with Gasteiger partial charge in [-0.05, 0) is 50.2 Å². The number of hydrogen-bond acceptors (Lipinski definition) is 2. The fourth-order valence-corrected chi connectivity index (χ4v) is 3.76. The molecule has 0 N–H and O–H groups in total. The van der Waals surface area contributed by atoms with E-state index in [1.165, 1.54) is 10.6 Å². The molecule has 3 rings (SSSR count). The summed E-state index contributed by atoms with van der Waals surface area (Å²) in [7, 11) is 0. The average molecular weight is 347 g/mol. The second kappa shape index (κ2) is 5.62. The molecule has 1 aromatic carbocycles. The van der Waals surface area contributed by atoms with Crippen LogP contribution in [0.15, 0.2) is 58.0 Å². The highest BCUT2D eigenvalue weighted by Gasteiger charge is 2.16. The van der Waals surface area contributed by atoms with Crippen LogP contribution >= 0.6 is 27.7 Å². The van der Waals surface area contributed by atoms with Crippen molar-refractivity contribution in [2.24, 2.45) is 0 Å². The van der Waals surface area contributed by atoms with Gasteiger partial charge in [-0.3, -0.25) is 0 Å². The van der Waals surface area contributed by atoms with E-state index in [2.05, 4.69) is 75.7 Å². The van der Waals surface area contributed by atoms with Gasteiger partial charge in [-0.1, -0.05) is 22.0 Å². The number of imidazole rings is 1. The molecule has 2 heterocycles. The highest BCUT2D eigenvalue weighted by Crippen LogP contribution is 2.36. The highest BCUT2D eigenvalue weighted by atomic mass is 79.9. The second-order valence-electron chi connectivity index (χ2n) is 4.73. The van der Waals surface area contributed by atoms with E-state index in [1.807, 2.05) is 23.9 Å². The molecule has 0 saturated heterocycles. The summed E-state index contributed by atoms with van der Waals surface area (Å²) < 4.78 is 3.30. The number of fused-ring (bicyclic) bond motifs is 1. The lowest BCUT2D eigenvalue weighted by atomic mass is 10.3. The van der Waals surface area contributed by atoms with Gasteiger partial charge in [0.1, 0.15) is 5.65 Å². The molecule has 0 amide bonds. The maximum atomic E-state index is 4.63. The first-order valence-corrected chi connectivity index (χ1v) is 8.18. The van der Waals surface area contributed by atoms with Crippen molar-refractivity contribution < 1.29 is 0 Å². The number of halogens is 1. The van der Waals surface area contributed by atoms with Crippen LogP contribution < -0.4 is 0 Å². The van der Waals surface area contributed by atoms with Crippen LogP contribution in [0.2, 0.25) is 0 Å². The Kier molecular flexibility index (Phi) is 3.85. The van der Waals surface area contributed by atoms with Crippen molar-refractivity contribution in [1.82, 2.24) is 9.38 Å². The van der Waals surface area contributed by atoms with Gasteiger partial charge < -0.3 is 4.40 Å². The van der Waals surface area contributed by atoms with Crippen molar-refractivity contribution in [1.29, 1.82) is 0 Å². The van der Waals surface area contributed by atoms with Gasteiger partial charge in [-0.15, -0.1) is 11.8 Å². The number of benzene rings is 1. The highest BCUT2D eigenvalue weighted by molar-refractivity contribution is 9.10. The average Bonchev–Trinajstić information content (AvgIpc) is 2.77. The summed E-state index contributed by atoms with van der Waals surface area (Å²) in [6.07, 6.45) is 2.09. The van der Waals surface area contributed by atoms with Crippen molar-refractivity contribution in [3.05, 3.63) is 64.5 Å². The Labute approximate surface area is 131 Å². The van der Waals surface area contributed by atoms with Gasteiger partial charge in [0.05, 0.1) is 11.4 Å². The first-order chi connectivity index (χ1) is 9.65. The van der Waals surface area contributed by atoms with Crippen LogP contribution in [-0.2, 0) is 0 Å². The lowest BCUT2D eigenvalue weighted by Gasteiger charge is -2.12. The second-order valence-corrected chi connectivity index (χ2v) is 7.06. The van der Waals surface area contributed by atoms with Crippen LogP contribution in [-0.4, -0.2) is 9.38 Å². The molecule has 102 valence electrons. The quantitative estimate of drug-likeness (QED) is 0.602. The molecule has 0 aliphatic carbocycles. The molecule has 0 aliphatic rings.